The zero-order valence-corrected chi connectivity index (χ0v) is 10.6. The van der Waals surface area contributed by atoms with Gasteiger partial charge in [-0.15, -0.1) is 0 Å². The fourth-order valence-electron chi connectivity index (χ4n) is 2.52. The molecule has 5 heteroatoms. The Balaban J connectivity index is 2.15. The molecule has 0 amide bonds. The first-order chi connectivity index (χ1) is 7.44. The van der Waals surface area contributed by atoms with Gasteiger partial charge in [0.25, 0.3) is 0 Å². The molecular weight excluding hydrogens is 235 g/mol. The third-order valence-electron chi connectivity index (χ3n) is 3.53. The minimum atomic E-state index is -4.09. The van der Waals surface area contributed by atoms with E-state index < -0.39 is 5.51 Å². The van der Waals surface area contributed by atoms with Crippen molar-refractivity contribution in [3.8, 4) is 0 Å². The molecule has 1 N–H and O–H groups in total. The summed E-state index contributed by atoms with van der Waals surface area (Å²) in [6, 6.07) is 0.416. The normalized spacial score (nSPS) is 30.9. The molecule has 1 aliphatic carbocycles. The van der Waals surface area contributed by atoms with E-state index in [-0.39, 0.29) is 17.5 Å². The molecule has 3 atom stereocenters. The van der Waals surface area contributed by atoms with Gasteiger partial charge in [-0.25, -0.2) is 0 Å². The van der Waals surface area contributed by atoms with Gasteiger partial charge in [-0.3, -0.25) is 0 Å². The fraction of sp³-hybridized carbons (Fsp3) is 1.00. The van der Waals surface area contributed by atoms with Crippen LogP contribution >= 0.6 is 11.8 Å². The highest BCUT2D eigenvalue weighted by molar-refractivity contribution is 8.00. The van der Waals surface area contributed by atoms with E-state index in [2.05, 4.69) is 19.2 Å². The van der Waals surface area contributed by atoms with E-state index in [1.807, 2.05) is 0 Å². The monoisotopic (exact) mass is 255 g/mol. The van der Waals surface area contributed by atoms with Gasteiger partial charge >= 0.3 is 5.51 Å². The van der Waals surface area contributed by atoms with Crippen molar-refractivity contribution in [1.82, 2.24) is 5.32 Å². The van der Waals surface area contributed by atoms with Crippen molar-refractivity contribution in [2.24, 2.45) is 11.8 Å². The van der Waals surface area contributed by atoms with E-state index >= 15 is 0 Å². The van der Waals surface area contributed by atoms with E-state index in [1.54, 1.807) is 0 Å². The number of halogens is 3. The third kappa shape index (κ3) is 4.53. The van der Waals surface area contributed by atoms with E-state index in [0.717, 1.165) is 12.3 Å². The van der Waals surface area contributed by atoms with Gasteiger partial charge in [0.2, 0.25) is 0 Å². The highest BCUT2D eigenvalue weighted by atomic mass is 32.2. The molecule has 0 aliphatic heterocycles. The summed E-state index contributed by atoms with van der Waals surface area (Å²) >= 11 is 0.0622. The maximum Gasteiger partial charge on any atom is 0.441 e. The average molecular weight is 255 g/mol. The van der Waals surface area contributed by atoms with E-state index in [0.29, 0.717) is 18.5 Å². The van der Waals surface area contributed by atoms with Gasteiger partial charge in [0.1, 0.15) is 0 Å². The fourth-order valence-corrected chi connectivity index (χ4v) is 2.97. The quantitative estimate of drug-likeness (QED) is 0.752. The van der Waals surface area contributed by atoms with Gasteiger partial charge in [-0.2, -0.15) is 13.2 Å². The Morgan fingerprint density at radius 2 is 2.00 bits per heavy atom. The van der Waals surface area contributed by atoms with Crippen LogP contribution in [0.5, 0.6) is 0 Å². The predicted molar refractivity (Wildman–Crippen MR) is 62.5 cm³/mol. The molecule has 1 rings (SSSR count). The highest BCUT2D eigenvalue weighted by Crippen LogP contribution is 2.34. The number of alkyl halides is 3. The molecule has 0 radical (unpaired) electrons. The summed E-state index contributed by atoms with van der Waals surface area (Å²) in [6.45, 7) is 4.84. The summed E-state index contributed by atoms with van der Waals surface area (Å²) in [6.07, 6.45) is 3.49. The topological polar surface area (TPSA) is 12.0 Å². The third-order valence-corrected chi connectivity index (χ3v) is 4.26. The molecular formula is C11H20F3NS. The average Bonchev–Trinajstić information content (AvgIpc) is 2.53. The van der Waals surface area contributed by atoms with Crippen LogP contribution in [0, 0.1) is 11.8 Å². The van der Waals surface area contributed by atoms with Gasteiger partial charge in [0.05, 0.1) is 0 Å². The number of nitrogens with one attached hydrogen (secondary N) is 1. The predicted octanol–water partition coefficient (Wildman–Crippen LogP) is 3.65. The van der Waals surface area contributed by atoms with Gasteiger partial charge in [-0.1, -0.05) is 20.3 Å². The molecule has 16 heavy (non-hydrogen) atoms. The molecule has 96 valence electrons. The first kappa shape index (κ1) is 14.2. The van der Waals surface area contributed by atoms with Crippen LogP contribution < -0.4 is 5.32 Å². The Kier molecular flexibility index (Phi) is 5.44. The van der Waals surface area contributed by atoms with E-state index in [1.165, 1.54) is 12.8 Å². The lowest BCUT2D eigenvalue weighted by Crippen LogP contribution is -2.34. The molecule has 1 fully saturated rings. The number of hydrogen-bond acceptors (Lipinski definition) is 2. The summed E-state index contributed by atoms with van der Waals surface area (Å²) in [7, 11) is 0. The summed E-state index contributed by atoms with van der Waals surface area (Å²) in [5.74, 6) is 1.46. The highest BCUT2D eigenvalue weighted by Gasteiger charge is 2.31. The summed E-state index contributed by atoms with van der Waals surface area (Å²) in [5.41, 5.74) is -4.09. The van der Waals surface area contributed by atoms with Crippen molar-refractivity contribution in [3.63, 3.8) is 0 Å². The molecule has 0 spiro atoms. The number of hydrogen-bond donors (Lipinski definition) is 1. The molecule has 3 unspecified atom stereocenters. The zero-order chi connectivity index (χ0) is 12.2. The van der Waals surface area contributed by atoms with Crippen molar-refractivity contribution < 1.29 is 13.2 Å². The van der Waals surface area contributed by atoms with Crippen LogP contribution in [0.1, 0.15) is 33.1 Å². The minimum absolute atomic E-state index is 0.0622. The molecule has 1 nitrogen and oxygen atoms in total. The van der Waals surface area contributed by atoms with E-state index in [4.69, 9.17) is 0 Å². The molecule has 0 aromatic rings. The van der Waals surface area contributed by atoms with Gasteiger partial charge in [-0.05, 0) is 36.4 Å². The summed E-state index contributed by atoms with van der Waals surface area (Å²) in [4.78, 5) is 0. The lowest BCUT2D eigenvalue weighted by Gasteiger charge is -2.21. The second-order valence-corrected chi connectivity index (χ2v) is 5.62. The smallest absolute Gasteiger partial charge is 0.313 e. The maximum absolute atomic E-state index is 11.9. The molecule has 1 aliphatic rings. The Hall–Kier alpha value is 0.100. The SMILES string of the molecule is CCC1CCC(NCCSC(F)(F)F)C1C. The lowest BCUT2D eigenvalue weighted by molar-refractivity contribution is -0.0327. The van der Waals surface area contributed by atoms with Crippen LogP contribution in [0.2, 0.25) is 0 Å². The zero-order valence-electron chi connectivity index (χ0n) is 9.81. The van der Waals surface area contributed by atoms with Crippen LogP contribution in [0.25, 0.3) is 0 Å². The van der Waals surface area contributed by atoms with Gasteiger partial charge in [0.15, 0.2) is 0 Å². The van der Waals surface area contributed by atoms with Crippen LogP contribution in [0.15, 0.2) is 0 Å². The lowest BCUT2D eigenvalue weighted by atomic mass is 9.93. The first-order valence-electron chi connectivity index (χ1n) is 5.88. The van der Waals surface area contributed by atoms with Gasteiger partial charge in [0, 0.05) is 18.3 Å². The number of thioether (sulfide) groups is 1. The molecule has 0 saturated heterocycles. The minimum Gasteiger partial charge on any atom is -0.313 e. The molecule has 1 saturated carbocycles. The van der Waals surface area contributed by atoms with Crippen LogP contribution in [0.4, 0.5) is 13.2 Å². The van der Waals surface area contributed by atoms with Crippen molar-refractivity contribution in [1.29, 1.82) is 0 Å². The Morgan fingerprint density at radius 3 is 2.50 bits per heavy atom. The Bertz CT molecular complexity index is 208. The van der Waals surface area contributed by atoms with Crippen LogP contribution in [-0.2, 0) is 0 Å². The molecule has 0 aromatic heterocycles. The second kappa shape index (κ2) is 6.15. The summed E-state index contributed by atoms with van der Waals surface area (Å²) < 4.78 is 35.7. The Morgan fingerprint density at radius 1 is 1.31 bits per heavy atom. The van der Waals surface area contributed by atoms with Gasteiger partial charge < -0.3 is 5.32 Å². The van der Waals surface area contributed by atoms with Crippen LogP contribution in [0.3, 0.4) is 0 Å². The summed E-state index contributed by atoms with van der Waals surface area (Å²) in [5, 5.41) is 3.25. The second-order valence-electron chi connectivity index (χ2n) is 4.46. The molecule has 0 heterocycles. The van der Waals surface area contributed by atoms with Crippen molar-refractivity contribution in [3.05, 3.63) is 0 Å². The molecule has 0 bridgehead atoms. The first-order valence-corrected chi connectivity index (χ1v) is 6.86. The standard InChI is InChI=1S/C11H20F3NS/c1-3-9-4-5-10(8(9)2)15-6-7-16-11(12,13)14/h8-10,15H,3-7H2,1-2H3. The van der Waals surface area contributed by atoms with Crippen molar-refractivity contribution in [2.45, 2.75) is 44.7 Å². The largest absolute Gasteiger partial charge is 0.441 e. The van der Waals surface area contributed by atoms with Crippen molar-refractivity contribution >= 4 is 11.8 Å². The number of rotatable bonds is 5. The maximum atomic E-state index is 11.9. The van der Waals surface area contributed by atoms with Crippen LogP contribution in [-0.4, -0.2) is 23.8 Å². The Labute approximate surface area is 99.6 Å². The van der Waals surface area contributed by atoms with Crippen molar-refractivity contribution in [2.75, 3.05) is 12.3 Å². The molecule has 0 aromatic carbocycles. The van der Waals surface area contributed by atoms with E-state index in [9.17, 15) is 13.2 Å².